The highest BCUT2D eigenvalue weighted by Gasteiger charge is 2.41. The standard InChI is InChI=1S/C25H32Cl2N2O2/c1-28-10-12-29(13-11-28)18-20-6-2-5-19(15-21-7-4-14-31-21)16-25(20,30)17-22-23(26)8-3-9-24(22)27/h3-4,7-9,14-15,20,30H,2,5-6,10-13,16-18H2,1H3. The van der Waals surface area contributed by atoms with E-state index in [1.807, 2.05) is 30.3 Å². The normalized spacial score (nSPS) is 27.5. The van der Waals surface area contributed by atoms with Crippen molar-refractivity contribution in [1.82, 2.24) is 9.80 Å². The van der Waals surface area contributed by atoms with Gasteiger partial charge in [-0.15, -0.1) is 0 Å². The van der Waals surface area contributed by atoms with E-state index in [0.717, 1.165) is 63.3 Å². The number of nitrogens with zero attached hydrogens (tertiary/aromatic N) is 2. The minimum atomic E-state index is -0.910. The average Bonchev–Trinajstić information content (AvgIpc) is 3.19. The molecule has 1 aromatic carbocycles. The van der Waals surface area contributed by atoms with Gasteiger partial charge in [-0.2, -0.15) is 0 Å². The van der Waals surface area contributed by atoms with Crippen LogP contribution in [0, 0.1) is 5.92 Å². The molecule has 2 aromatic rings. The molecule has 2 atom stereocenters. The summed E-state index contributed by atoms with van der Waals surface area (Å²) in [5.74, 6) is 0.997. The summed E-state index contributed by atoms with van der Waals surface area (Å²) in [7, 11) is 2.17. The van der Waals surface area contributed by atoms with Crippen LogP contribution >= 0.6 is 23.2 Å². The SMILES string of the molecule is CN1CCN(CC2CCCC(=Cc3ccco3)CC2(O)Cc2c(Cl)cccc2Cl)CC1. The van der Waals surface area contributed by atoms with E-state index in [0.29, 0.717) is 22.9 Å². The molecule has 2 heterocycles. The molecule has 1 aliphatic carbocycles. The molecule has 4 rings (SSSR count). The van der Waals surface area contributed by atoms with Crippen molar-refractivity contribution in [3.05, 3.63) is 63.5 Å². The van der Waals surface area contributed by atoms with E-state index in [4.69, 9.17) is 27.6 Å². The van der Waals surface area contributed by atoms with Crippen LogP contribution in [0.15, 0.2) is 46.6 Å². The predicted octanol–water partition coefficient (Wildman–Crippen LogP) is 5.38. The van der Waals surface area contributed by atoms with Gasteiger partial charge in [-0.05, 0) is 68.6 Å². The maximum absolute atomic E-state index is 12.2. The molecule has 6 heteroatoms. The first kappa shape index (κ1) is 22.9. The van der Waals surface area contributed by atoms with Gasteiger partial charge in [-0.25, -0.2) is 0 Å². The predicted molar refractivity (Wildman–Crippen MR) is 128 cm³/mol. The Bertz CT molecular complexity index is 871. The van der Waals surface area contributed by atoms with Crippen LogP contribution in [0.3, 0.4) is 0 Å². The summed E-state index contributed by atoms with van der Waals surface area (Å²) in [4.78, 5) is 4.87. The monoisotopic (exact) mass is 462 g/mol. The lowest BCUT2D eigenvalue weighted by atomic mass is 9.77. The van der Waals surface area contributed by atoms with Crippen molar-refractivity contribution in [2.45, 2.75) is 37.7 Å². The van der Waals surface area contributed by atoms with E-state index in [2.05, 4.69) is 22.9 Å². The van der Waals surface area contributed by atoms with Crippen molar-refractivity contribution in [2.24, 2.45) is 5.92 Å². The molecular formula is C25H32Cl2N2O2. The molecule has 0 spiro atoms. The van der Waals surface area contributed by atoms with Gasteiger partial charge in [0, 0.05) is 55.1 Å². The molecule has 2 aliphatic rings. The van der Waals surface area contributed by atoms with Gasteiger partial charge in [0.2, 0.25) is 0 Å². The van der Waals surface area contributed by atoms with Crippen molar-refractivity contribution < 1.29 is 9.52 Å². The second-order valence-corrected chi connectivity index (χ2v) is 9.98. The number of piperazine rings is 1. The lowest BCUT2D eigenvalue weighted by molar-refractivity contribution is -0.0347. The van der Waals surface area contributed by atoms with Gasteiger partial charge in [0.1, 0.15) is 5.76 Å². The third-order valence-electron chi connectivity index (χ3n) is 6.85. The van der Waals surface area contributed by atoms with Crippen LogP contribution in [-0.2, 0) is 6.42 Å². The summed E-state index contributed by atoms with van der Waals surface area (Å²) >= 11 is 13.0. The molecule has 1 aromatic heterocycles. The molecule has 1 saturated heterocycles. The second-order valence-electron chi connectivity index (χ2n) is 9.17. The maximum atomic E-state index is 12.2. The number of aliphatic hydroxyl groups is 1. The Morgan fingerprint density at radius 2 is 1.87 bits per heavy atom. The van der Waals surface area contributed by atoms with Gasteiger partial charge < -0.3 is 19.3 Å². The first-order chi connectivity index (χ1) is 14.9. The van der Waals surface area contributed by atoms with Gasteiger partial charge >= 0.3 is 0 Å². The Hall–Kier alpha value is -1.30. The van der Waals surface area contributed by atoms with Gasteiger partial charge in [0.05, 0.1) is 11.9 Å². The van der Waals surface area contributed by atoms with E-state index >= 15 is 0 Å². The summed E-state index contributed by atoms with van der Waals surface area (Å²) in [5.41, 5.74) is 1.16. The Morgan fingerprint density at radius 1 is 1.13 bits per heavy atom. The molecule has 0 radical (unpaired) electrons. The Balaban J connectivity index is 1.62. The Kier molecular flexibility index (Phi) is 7.45. The first-order valence-corrected chi connectivity index (χ1v) is 12.0. The molecule has 0 bridgehead atoms. The fourth-order valence-electron chi connectivity index (χ4n) is 4.99. The van der Waals surface area contributed by atoms with Crippen LogP contribution in [0.1, 0.15) is 37.0 Å². The summed E-state index contributed by atoms with van der Waals surface area (Å²) in [5, 5.41) is 13.4. The van der Waals surface area contributed by atoms with Gasteiger partial charge in [-0.3, -0.25) is 0 Å². The van der Waals surface area contributed by atoms with E-state index in [1.54, 1.807) is 6.26 Å². The van der Waals surface area contributed by atoms with Crippen molar-refractivity contribution in [3.8, 4) is 0 Å². The summed E-state index contributed by atoms with van der Waals surface area (Å²) in [6.07, 6.45) is 7.86. The lowest BCUT2D eigenvalue weighted by Crippen LogP contribution is -2.51. The zero-order chi connectivity index (χ0) is 21.8. The largest absolute Gasteiger partial charge is 0.465 e. The number of rotatable bonds is 5. The highest BCUT2D eigenvalue weighted by atomic mass is 35.5. The van der Waals surface area contributed by atoms with Crippen LogP contribution in [-0.4, -0.2) is 60.3 Å². The summed E-state index contributed by atoms with van der Waals surface area (Å²) < 4.78 is 5.55. The molecule has 1 N–H and O–H groups in total. The number of hydrogen-bond acceptors (Lipinski definition) is 4. The highest BCUT2D eigenvalue weighted by Crippen LogP contribution is 2.41. The molecule has 31 heavy (non-hydrogen) atoms. The minimum absolute atomic E-state index is 0.158. The van der Waals surface area contributed by atoms with E-state index in [9.17, 15) is 5.11 Å². The zero-order valence-corrected chi connectivity index (χ0v) is 19.7. The molecular weight excluding hydrogens is 431 g/mol. The van der Waals surface area contributed by atoms with E-state index in [1.165, 1.54) is 5.57 Å². The molecule has 2 unspecified atom stereocenters. The van der Waals surface area contributed by atoms with Crippen LogP contribution in [0.5, 0.6) is 0 Å². The number of furan rings is 1. The number of benzene rings is 1. The van der Waals surface area contributed by atoms with E-state index < -0.39 is 5.60 Å². The topological polar surface area (TPSA) is 39.9 Å². The lowest BCUT2D eigenvalue weighted by Gasteiger charge is -2.41. The van der Waals surface area contributed by atoms with Crippen LogP contribution in [0.2, 0.25) is 10.0 Å². The van der Waals surface area contributed by atoms with Crippen LogP contribution < -0.4 is 0 Å². The molecule has 0 amide bonds. The Labute approximate surface area is 195 Å². The summed E-state index contributed by atoms with van der Waals surface area (Å²) in [6.45, 7) is 5.15. The fourth-order valence-corrected chi connectivity index (χ4v) is 5.52. The molecule has 4 nitrogen and oxygen atoms in total. The second kappa shape index (κ2) is 10.1. The smallest absolute Gasteiger partial charge is 0.126 e. The van der Waals surface area contributed by atoms with Gasteiger partial charge in [-0.1, -0.05) is 34.8 Å². The first-order valence-electron chi connectivity index (χ1n) is 11.2. The number of hydrogen-bond donors (Lipinski definition) is 1. The zero-order valence-electron chi connectivity index (χ0n) is 18.2. The van der Waals surface area contributed by atoms with Crippen molar-refractivity contribution in [2.75, 3.05) is 39.8 Å². The third kappa shape index (κ3) is 5.74. The third-order valence-corrected chi connectivity index (χ3v) is 7.56. The average molecular weight is 463 g/mol. The minimum Gasteiger partial charge on any atom is -0.465 e. The van der Waals surface area contributed by atoms with Gasteiger partial charge in [0.25, 0.3) is 0 Å². The number of halogens is 2. The molecule has 1 saturated carbocycles. The maximum Gasteiger partial charge on any atom is 0.126 e. The van der Waals surface area contributed by atoms with Crippen molar-refractivity contribution in [3.63, 3.8) is 0 Å². The highest BCUT2D eigenvalue weighted by molar-refractivity contribution is 6.36. The fraction of sp³-hybridized carbons (Fsp3) is 0.520. The van der Waals surface area contributed by atoms with Crippen molar-refractivity contribution in [1.29, 1.82) is 0 Å². The van der Waals surface area contributed by atoms with Gasteiger partial charge in [0.15, 0.2) is 0 Å². The van der Waals surface area contributed by atoms with Crippen LogP contribution in [0.25, 0.3) is 6.08 Å². The van der Waals surface area contributed by atoms with E-state index in [-0.39, 0.29) is 5.92 Å². The number of likely N-dealkylation sites (N-methyl/N-ethyl adjacent to an activating group) is 1. The molecule has 2 fully saturated rings. The Morgan fingerprint density at radius 3 is 2.55 bits per heavy atom. The summed E-state index contributed by atoms with van der Waals surface area (Å²) in [6, 6.07) is 9.43. The molecule has 168 valence electrons. The quantitative estimate of drug-likeness (QED) is 0.605. The molecule has 1 aliphatic heterocycles. The van der Waals surface area contributed by atoms with Crippen molar-refractivity contribution >= 4 is 29.3 Å². The van der Waals surface area contributed by atoms with Crippen LogP contribution in [0.4, 0.5) is 0 Å².